The first-order chi connectivity index (χ1) is 22.3. The average molecular weight is 689 g/mol. The van der Waals surface area contributed by atoms with E-state index in [1.807, 2.05) is 72.8 Å². The van der Waals surface area contributed by atoms with E-state index in [-0.39, 0.29) is 0 Å². The average Bonchev–Trinajstić information content (AvgIpc) is 3.61. The van der Waals surface area contributed by atoms with Gasteiger partial charge in [-0.1, -0.05) is 82.8 Å². The van der Waals surface area contributed by atoms with Gasteiger partial charge in [0.25, 0.3) is 0 Å². The molecule has 4 heterocycles. The third kappa shape index (κ3) is 9.22. The highest BCUT2D eigenvalue weighted by Gasteiger charge is 2.05. The highest BCUT2D eigenvalue weighted by molar-refractivity contribution is 6.31. The third-order valence-electron chi connectivity index (χ3n) is 5.92. The van der Waals surface area contributed by atoms with Gasteiger partial charge in [-0.15, -0.1) is 5.10 Å². The van der Waals surface area contributed by atoms with Gasteiger partial charge in [0.05, 0.1) is 17.1 Å². The molecule has 0 unspecified atom stereocenters. The van der Waals surface area contributed by atoms with Gasteiger partial charge in [-0.2, -0.15) is 4.68 Å². The minimum atomic E-state index is 0.426. The molecule has 46 heavy (non-hydrogen) atoms. The zero-order chi connectivity index (χ0) is 32.3. The normalized spacial score (nSPS) is 10.3. The van der Waals surface area contributed by atoms with E-state index in [0.717, 1.165) is 33.8 Å². The molecular weight excluding hydrogens is 668 g/mol. The lowest BCUT2D eigenvalue weighted by Gasteiger charge is -2.03. The molecule has 7 aromatic rings. The molecule has 228 valence electrons. The van der Waals surface area contributed by atoms with Crippen LogP contribution in [0.4, 0.5) is 5.82 Å². The zero-order valence-corrected chi connectivity index (χ0v) is 26.6. The number of nitrogens with zero attached hydrogens (tertiary/aromatic N) is 10. The van der Waals surface area contributed by atoms with E-state index in [1.54, 1.807) is 18.2 Å². The summed E-state index contributed by atoms with van der Waals surface area (Å²) >= 11 is 23.4. The molecule has 7 rings (SSSR count). The first kappa shape index (κ1) is 32.3. The Morgan fingerprint density at radius 1 is 0.522 bits per heavy atom. The molecule has 0 amide bonds. The number of hydrogen-bond acceptors (Lipinski definition) is 10. The van der Waals surface area contributed by atoms with Crippen LogP contribution in [0.5, 0.6) is 0 Å². The van der Waals surface area contributed by atoms with Crippen LogP contribution in [0.3, 0.4) is 0 Å². The van der Waals surface area contributed by atoms with Gasteiger partial charge < -0.3 is 5.73 Å². The smallest absolute Gasteiger partial charge is 0.160 e. The Kier molecular flexibility index (Phi) is 11.1. The summed E-state index contributed by atoms with van der Waals surface area (Å²) in [6, 6.07) is 27.5. The SMILES string of the molecule is Clc1cccc(-c2cc(-n3cnnn3)ncn2)c1.Clc1cccc(-c2cc(Cl)ncn2)c1.Nc1cc(-c2cccc(Cl)c2)ncn1. The number of halogens is 4. The number of rotatable bonds is 4. The van der Waals surface area contributed by atoms with Crippen molar-refractivity contribution < 1.29 is 0 Å². The van der Waals surface area contributed by atoms with Gasteiger partial charge in [0.15, 0.2) is 5.82 Å². The molecule has 0 atom stereocenters. The molecule has 11 nitrogen and oxygen atoms in total. The summed E-state index contributed by atoms with van der Waals surface area (Å²) in [4.78, 5) is 24.1. The summed E-state index contributed by atoms with van der Waals surface area (Å²) in [5.74, 6) is 1.06. The van der Waals surface area contributed by atoms with E-state index in [1.165, 1.54) is 30.0 Å². The van der Waals surface area contributed by atoms with Crippen LogP contribution in [0.1, 0.15) is 0 Å². The van der Waals surface area contributed by atoms with Crippen LogP contribution in [0.15, 0.2) is 116 Å². The Morgan fingerprint density at radius 2 is 1.02 bits per heavy atom. The van der Waals surface area contributed by atoms with Crippen LogP contribution in [0.25, 0.3) is 39.6 Å². The van der Waals surface area contributed by atoms with Crippen LogP contribution in [-0.2, 0) is 0 Å². The number of hydrogen-bond donors (Lipinski definition) is 1. The lowest BCUT2D eigenvalue weighted by molar-refractivity contribution is 0.768. The third-order valence-corrected chi connectivity index (χ3v) is 6.83. The van der Waals surface area contributed by atoms with Gasteiger partial charge in [0.2, 0.25) is 0 Å². The van der Waals surface area contributed by atoms with Crippen molar-refractivity contribution in [3.8, 4) is 39.6 Å². The predicted octanol–water partition coefficient (Wildman–Crippen LogP) is 7.60. The van der Waals surface area contributed by atoms with Crippen molar-refractivity contribution in [3.05, 3.63) is 137 Å². The van der Waals surface area contributed by atoms with Crippen LogP contribution in [0, 0.1) is 0 Å². The summed E-state index contributed by atoms with van der Waals surface area (Å²) in [5.41, 5.74) is 10.6. The molecule has 3 aromatic carbocycles. The van der Waals surface area contributed by atoms with Crippen molar-refractivity contribution in [2.75, 3.05) is 5.73 Å². The number of nitrogen functional groups attached to an aromatic ring is 1. The maximum Gasteiger partial charge on any atom is 0.160 e. The fourth-order valence-electron chi connectivity index (χ4n) is 3.86. The monoisotopic (exact) mass is 687 g/mol. The molecule has 0 radical (unpaired) electrons. The van der Waals surface area contributed by atoms with E-state index in [9.17, 15) is 0 Å². The number of nitrogens with two attached hydrogens (primary N) is 1. The van der Waals surface area contributed by atoms with E-state index in [0.29, 0.717) is 31.9 Å². The molecule has 0 aliphatic carbocycles. The second-order valence-corrected chi connectivity index (χ2v) is 10.8. The molecule has 0 aliphatic heterocycles. The summed E-state index contributed by atoms with van der Waals surface area (Å²) < 4.78 is 1.47. The Balaban J connectivity index is 0.000000138. The summed E-state index contributed by atoms with van der Waals surface area (Å²) in [5, 5.41) is 13.4. The van der Waals surface area contributed by atoms with E-state index >= 15 is 0 Å². The Hall–Kier alpha value is -5.07. The molecule has 0 spiro atoms. The zero-order valence-electron chi connectivity index (χ0n) is 23.5. The van der Waals surface area contributed by atoms with Crippen molar-refractivity contribution in [1.29, 1.82) is 0 Å². The minimum Gasteiger partial charge on any atom is -0.384 e. The molecule has 15 heteroatoms. The number of anilines is 1. The first-order valence-electron chi connectivity index (χ1n) is 13.2. The topological polar surface area (TPSA) is 147 Å². The fourth-order valence-corrected chi connectivity index (χ4v) is 4.58. The molecule has 0 fully saturated rings. The maximum atomic E-state index is 5.95. The van der Waals surface area contributed by atoms with Crippen LogP contribution in [-0.4, -0.2) is 50.1 Å². The van der Waals surface area contributed by atoms with Crippen LogP contribution in [0.2, 0.25) is 20.2 Å². The molecule has 0 saturated carbocycles. The van der Waals surface area contributed by atoms with Crippen molar-refractivity contribution >= 4 is 52.2 Å². The van der Waals surface area contributed by atoms with E-state index in [4.69, 9.17) is 52.1 Å². The molecular formula is C31H21Cl4N11. The standard InChI is InChI=1S/C11H7ClN6.C10H6Cl2N2.C10H8ClN3/c12-9-3-1-2-8(4-9)10-5-11(14-6-13-10)18-7-15-16-17-18;2*11-8-3-1-2-7(4-8)9-5-10(12)14-6-13-9/h1-7H;1-6H;1-6H,(H2,12,13,14). The second kappa shape index (κ2) is 15.8. The molecule has 0 saturated heterocycles. The van der Waals surface area contributed by atoms with Gasteiger partial charge in [0, 0.05) is 50.0 Å². The number of aromatic nitrogens is 10. The van der Waals surface area contributed by atoms with Gasteiger partial charge >= 0.3 is 0 Å². The van der Waals surface area contributed by atoms with E-state index in [2.05, 4.69) is 45.4 Å². The fraction of sp³-hybridized carbons (Fsp3) is 0. The highest BCUT2D eigenvalue weighted by atomic mass is 35.5. The Labute approximate surface area is 283 Å². The first-order valence-corrected chi connectivity index (χ1v) is 14.7. The largest absolute Gasteiger partial charge is 0.384 e. The quantitative estimate of drug-likeness (QED) is 0.183. The molecule has 0 bridgehead atoms. The second-order valence-electron chi connectivity index (χ2n) is 9.10. The van der Waals surface area contributed by atoms with Gasteiger partial charge in [-0.25, -0.2) is 29.9 Å². The predicted molar refractivity (Wildman–Crippen MR) is 180 cm³/mol. The highest BCUT2D eigenvalue weighted by Crippen LogP contribution is 2.23. The van der Waals surface area contributed by atoms with Gasteiger partial charge in [0.1, 0.15) is 36.3 Å². The van der Waals surface area contributed by atoms with Crippen molar-refractivity contribution in [1.82, 2.24) is 50.1 Å². The van der Waals surface area contributed by atoms with Crippen molar-refractivity contribution in [2.45, 2.75) is 0 Å². The maximum absolute atomic E-state index is 5.95. The van der Waals surface area contributed by atoms with Crippen LogP contribution >= 0.6 is 46.4 Å². The summed E-state index contributed by atoms with van der Waals surface area (Å²) in [6.07, 6.45) is 5.81. The minimum absolute atomic E-state index is 0.426. The lowest BCUT2D eigenvalue weighted by atomic mass is 10.1. The van der Waals surface area contributed by atoms with Crippen LogP contribution < -0.4 is 5.73 Å². The Bertz CT molecular complexity index is 1870. The van der Waals surface area contributed by atoms with Crippen molar-refractivity contribution in [2.24, 2.45) is 0 Å². The number of tetrazole rings is 1. The lowest BCUT2D eigenvalue weighted by Crippen LogP contribution is -1.99. The van der Waals surface area contributed by atoms with E-state index < -0.39 is 0 Å². The summed E-state index contributed by atoms with van der Waals surface area (Å²) in [7, 11) is 0. The number of benzene rings is 3. The Morgan fingerprint density at radius 3 is 1.50 bits per heavy atom. The summed E-state index contributed by atoms with van der Waals surface area (Å²) in [6.45, 7) is 0. The van der Waals surface area contributed by atoms with Gasteiger partial charge in [-0.3, -0.25) is 0 Å². The van der Waals surface area contributed by atoms with Gasteiger partial charge in [-0.05, 0) is 46.8 Å². The van der Waals surface area contributed by atoms with Crippen molar-refractivity contribution in [3.63, 3.8) is 0 Å². The molecule has 4 aromatic heterocycles. The molecule has 2 N–H and O–H groups in total. The molecule has 0 aliphatic rings.